The number of aromatic nitrogens is 2. The fraction of sp³-hybridized carbons (Fsp3) is 0.500. The summed E-state index contributed by atoms with van der Waals surface area (Å²) in [5, 5.41) is 10.8. The van der Waals surface area contributed by atoms with E-state index < -0.39 is 0 Å². The predicted molar refractivity (Wildman–Crippen MR) is 104 cm³/mol. The van der Waals surface area contributed by atoms with Gasteiger partial charge < -0.3 is 15.4 Å². The topological polar surface area (TPSA) is 63.5 Å². The van der Waals surface area contributed by atoms with E-state index in [9.17, 15) is 0 Å². The van der Waals surface area contributed by atoms with Gasteiger partial charge in [-0.3, -0.25) is 9.67 Å². The quantitative estimate of drug-likeness (QED) is 0.592. The Labute approximate surface area is 155 Å². The third-order valence-corrected chi connectivity index (χ3v) is 4.82. The van der Waals surface area contributed by atoms with E-state index in [2.05, 4.69) is 45.0 Å². The monoisotopic (exact) mass is 355 g/mol. The van der Waals surface area contributed by atoms with Crippen molar-refractivity contribution in [2.75, 3.05) is 13.6 Å². The highest BCUT2D eigenvalue weighted by molar-refractivity contribution is 5.79. The Balaban J connectivity index is 1.39. The Morgan fingerprint density at radius 2 is 1.96 bits per heavy atom. The maximum Gasteiger partial charge on any atom is 0.191 e. The molecule has 6 nitrogen and oxygen atoms in total. The SMILES string of the molecule is CN=C(NCCc1ccc(OC2CCCC2)cc1)NCc1ccnn1C. The van der Waals surface area contributed by atoms with Crippen molar-refractivity contribution >= 4 is 5.96 Å². The van der Waals surface area contributed by atoms with Crippen LogP contribution in [0.3, 0.4) is 0 Å². The number of rotatable bonds is 7. The smallest absolute Gasteiger partial charge is 0.191 e. The lowest BCUT2D eigenvalue weighted by Gasteiger charge is -2.14. The number of benzene rings is 1. The van der Waals surface area contributed by atoms with Crippen molar-refractivity contribution in [2.45, 2.75) is 44.8 Å². The third kappa shape index (κ3) is 5.25. The van der Waals surface area contributed by atoms with Gasteiger partial charge >= 0.3 is 0 Å². The summed E-state index contributed by atoms with van der Waals surface area (Å²) in [7, 11) is 3.72. The van der Waals surface area contributed by atoms with Crippen LogP contribution >= 0.6 is 0 Å². The molecular formula is C20H29N5O. The predicted octanol–water partition coefficient (Wildman–Crippen LogP) is 2.65. The average molecular weight is 355 g/mol. The highest BCUT2D eigenvalue weighted by Gasteiger charge is 2.16. The van der Waals surface area contributed by atoms with Gasteiger partial charge in [0.25, 0.3) is 0 Å². The van der Waals surface area contributed by atoms with Crippen LogP contribution in [0.1, 0.15) is 36.9 Å². The van der Waals surface area contributed by atoms with Gasteiger partial charge in [-0.15, -0.1) is 0 Å². The second kappa shape index (κ2) is 9.27. The van der Waals surface area contributed by atoms with E-state index in [0.29, 0.717) is 12.6 Å². The summed E-state index contributed by atoms with van der Waals surface area (Å²) >= 11 is 0. The Morgan fingerprint density at radius 3 is 2.62 bits per heavy atom. The van der Waals surface area contributed by atoms with Gasteiger partial charge in [-0.2, -0.15) is 5.10 Å². The van der Waals surface area contributed by atoms with Crippen LogP contribution in [-0.4, -0.2) is 35.4 Å². The number of guanidine groups is 1. The van der Waals surface area contributed by atoms with E-state index in [0.717, 1.165) is 30.4 Å². The lowest BCUT2D eigenvalue weighted by Crippen LogP contribution is -2.38. The van der Waals surface area contributed by atoms with Crippen LogP contribution in [0.25, 0.3) is 0 Å². The van der Waals surface area contributed by atoms with Gasteiger partial charge in [0, 0.05) is 26.8 Å². The third-order valence-electron chi connectivity index (χ3n) is 4.82. The molecule has 0 atom stereocenters. The van der Waals surface area contributed by atoms with Crippen LogP contribution in [0.15, 0.2) is 41.5 Å². The molecule has 2 aromatic rings. The Morgan fingerprint density at radius 1 is 1.19 bits per heavy atom. The standard InChI is InChI=1S/C20H29N5O/c1-21-20(23-15-17-12-14-24-25(17)2)22-13-11-16-7-9-19(10-8-16)26-18-5-3-4-6-18/h7-10,12,14,18H,3-6,11,13,15H2,1-2H3,(H2,21,22,23). The lowest BCUT2D eigenvalue weighted by molar-refractivity contribution is 0.210. The maximum absolute atomic E-state index is 6.02. The molecule has 1 saturated carbocycles. The fourth-order valence-corrected chi connectivity index (χ4v) is 3.23. The molecule has 26 heavy (non-hydrogen) atoms. The summed E-state index contributed by atoms with van der Waals surface area (Å²) in [5.41, 5.74) is 2.41. The highest BCUT2D eigenvalue weighted by Crippen LogP contribution is 2.24. The molecule has 2 N–H and O–H groups in total. The van der Waals surface area contributed by atoms with E-state index >= 15 is 0 Å². The molecule has 1 aromatic carbocycles. The number of hydrogen-bond acceptors (Lipinski definition) is 3. The maximum atomic E-state index is 6.02. The molecule has 3 rings (SSSR count). The van der Waals surface area contributed by atoms with Gasteiger partial charge in [-0.25, -0.2) is 0 Å². The van der Waals surface area contributed by atoms with Crippen molar-refractivity contribution in [2.24, 2.45) is 12.0 Å². The van der Waals surface area contributed by atoms with Crippen LogP contribution in [0.5, 0.6) is 5.75 Å². The molecule has 0 saturated heterocycles. The summed E-state index contributed by atoms with van der Waals surface area (Å²) in [5.74, 6) is 1.79. The summed E-state index contributed by atoms with van der Waals surface area (Å²) in [6.45, 7) is 1.53. The molecule has 6 heteroatoms. The van der Waals surface area contributed by atoms with Crippen molar-refractivity contribution in [1.82, 2.24) is 20.4 Å². The van der Waals surface area contributed by atoms with Gasteiger partial charge in [0.05, 0.1) is 18.3 Å². The zero-order valence-electron chi connectivity index (χ0n) is 15.7. The molecule has 1 aliphatic rings. The molecule has 0 aliphatic heterocycles. The second-order valence-electron chi connectivity index (χ2n) is 6.72. The van der Waals surface area contributed by atoms with Crippen LogP contribution in [-0.2, 0) is 20.0 Å². The average Bonchev–Trinajstić information content (AvgIpc) is 3.31. The molecule has 1 aromatic heterocycles. The Bertz CT molecular complexity index is 701. The molecular weight excluding hydrogens is 326 g/mol. The first-order valence-corrected chi connectivity index (χ1v) is 9.41. The van der Waals surface area contributed by atoms with Gasteiger partial charge in [-0.05, 0) is 55.9 Å². The van der Waals surface area contributed by atoms with E-state index in [1.807, 2.05) is 17.8 Å². The van der Waals surface area contributed by atoms with E-state index in [1.54, 1.807) is 13.2 Å². The number of nitrogens with one attached hydrogen (secondary N) is 2. The summed E-state index contributed by atoms with van der Waals surface area (Å²) < 4.78 is 7.87. The summed E-state index contributed by atoms with van der Waals surface area (Å²) in [4.78, 5) is 4.26. The van der Waals surface area contributed by atoms with E-state index in [4.69, 9.17) is 4.74 Å². The van der Waals surface area contributed by atoms with Gasteiger partial charge in [-0.1, -0.05) is 12.1 Å². The van der Waals surface area contributed by atoms with Crippen molar-refractivity contribution in [3.8, 4) is 5.75 Å². The minimum Gasteiger partial charge on any atom is -0.490 e. The van der Waals surface area contributed by atoms with Crippen LogP contribution in [0.2, 0.25) is 0 Å². The largest absolute Gasteiger partial charge is 0.490 e. The first-order chi connectivity index (χ1) is 12.7. The van der Waals surface area contributed by atoms with E-state index in [-0.39, 0.29) is 0 Å². The van der Waals surface area contributed by atoms with Gasteiger partial charge in [0.2, 0.25) is 0 Å². The number of nitrogens with zero attached hydrogens (tertiary/aromatic N) is 3. The molecule has 140 valence electrons. The van der Waals surface area contributed by atoms with Crippen molar-refractivity contribution < 1.29 is 4.74 Å². The normalized spacial score (nSPS) is 15.2. The molecule has 0 radical (unpaired) electrons. The zero-order chi connectivity index (χ0) is 18.2. The summed E-state index contributed by atoms with van der Waals surface area (Å²) in [6.07, 6.45) is 8.13. The molecule has 1 aliphatic carbocycles. The molecule has 0 amide bonds. The molecule has 1 heterocycles. The molecule has 0 unspecified atom stereocenters. The number of hydrogen-bond donors (Lipinski definition) is 2. The lowest BCUT2D eigenvalue weighted by atomic mass is 10.1. The van der Waals surface area contributed by atoms with Gasteiger partial charge in [0.15, 0.2) is 5.96 Å². The number of aryl methyl sites for hydroxylation is 1. The number of ether oxygens (including phenoxy) is 1. The first-order valence-electron chi connectivity index (χ1n) is 9.41. The molecule has 1 fully saturated rings. The zero-order valence-corrected chi connectivity index (χ0v) is 15.7. The van der Waals surface area contributed by atoms with Crippen LogP contribution in [0.4, 0.5) is 0 Å². The van der Waals surface area contributed by atoms with Crippen molar-refractivity contribution in [1.29, 1.82) is 0 Å². The Kier molecular flexibility index (Phi) is 6.52. The highest BCUT2D eigenvalue weighted by atomic mass is 16.5. The molecule has 0 spiro atoms. The van der Waals surface area contributed by atoms with Crippen LogP contribution in [0, 0.1) is 0 Å². The van der Waals surface area contributed by atoms with E-state index in [1.165, 1.54) is 31.2 Å². The first kappa shape index (κ1) is 18.3. The van der Waals surface area contributed by atoms with Gasteiger partial charge in [0.1, 0.15) is 5.75 Å². The molecule has 0 bridgehead atoms. The number of aliphatic imine (C=N–C) groups is 1. The fourth-order valence-electron chi connectivity index (χ4n) is 3.23. The minimum absolute atomic E-state index is 0.413. The van der Waals surface area contributed by atoms with Crippen molar-refractivity contribution in [3.63, 3.8) is 0 Å². The van der Waals surface area contributed by atoms with Crippen LogP contribution < -0.4 is 15.4 Å². The minimum atomic E-state index is 0.413. The van der Waals surface area contributed by atoms with Crippen molar-refractivity contribution in [3.05, 3.63) is 47.8 Å². The second-order valence-corrected chi connectivity index (χ2v) is 6.72. The Hall–Kier alpha value is -2.50. The summed E-state index contributed by atoms with van der Waals surface area (Å²) in [6, 6.07) is 10.5.